The third kappa shape index (κ3) is 4.09. The number of aromatic nitrogens is 2. The number of benzene rings is 2. The van der Waals surface area contributed by atoms with E-state index in [-0.39, 0.29) is 17.5 Å². The molecule has 0 saturated carbocycles. The van der Waals surface area contributed by atoms with Crippen LogP contribution in [0.1, 0.15) is 32.8 Å². The van der Waals surface area contributed by atoms with Crippen molar-refractivity contribution in [2.75, 3.05) is 0 Å². The molecule has 0 aliphatic carbocycles. The number of rotatable bonds is 6. The number of carbonyl (C=O) groups excluding carboxylic acids is 1. The SMILES string of the molecule is CC[C@@H](Cn1ncc2ccccc2c1=O)NC(=O)C(C)(C)c1ccc(Cl)cc1. The highest BCUT2D eigenvalue weighted by molar-refractivity contribution is 6.30. The molecule has 3 rings (SSSR count). The number of halogens is 1. The molecule has 1 amide bonds. The first-order valence-electron chi connectivity index (χ1n) is 9.34. The van der Waals surface area contributed by atoms with Crippen molar-refractivity contribution in [2.24, 2.45) is 0 Å². The number of fused-ring (bicyclic) bond motifs is 1. The average molecular weight is 398 g/mol. The van der Waals surface area contributed by atoms with Gasteiger partial charge in [0.15, 0.2) is 0 Å². The zero-order chi connectivity index (χ0) is 20.3. The lowest BCUT2D eigenvalue weighted by Crippen LogP contribution is -2.47. The van der Waals surface area contributed by atoms with Crippen molar-refractivity contribution in [1.29, 1.82) is 0 Å². The van der Waals surface area contributed by atoms with Crippen LogP contribution in [0.2, 0.25) is 5.02 Å². The number of hydrogen-bond acceptors (Lipinski definition) is 3. The molecule has 6 heteroatoms. The van der Waals surface area contributed by atoms with Crippen LogP contribution in [0.25, 0.3) is 10.8 Å². The Hall–Kier alpha value is -2.66. The molecule has 0 aliphatic heterocycles. The lowest BCUT2D eigenvalue weighted by Gasteiger charge is -2.27. The van der Waals surface area contributed by atoms with E-state index >= 15 is 0 Å². The van der Waals surface area contributed by atoms with E-state index in [1.54, 1.807) is 24.4 Å². The van der Waals surface area contributed by atoms with E-state index in [9.17, 15) is 9.59 Å². The summed E-state index contributed by atoms with van der Waals surface area (Å²) in [6, 6.07) is 14.4. The quantitative estimate of drug-likeness (QED) is 0.685. The van der Waals surface area contributed by atoms with Gasteiger partial charge in [-0.3, -0.25) is 9.59 Å². The molecule has 0 bridgehead atoms. The van der Waals surface area contributed by atoms with Gasteiger partial charge in [0.1, 0.15) is 0 Å². The third-order valence-electron chi connectivity index (χ3n) is 5.12. The molecule has 1 aromatic heterocycles. The molecule has 3 aromatic rings. The molecule has 0 fully saturated rings. The van der Waals surface area contributed by atoms with E-state index in [0.29, 0.717) is 23.4 Å². The van der Waals surface area contributed by atoms with Gasteiger partial charge in [-0.15, -0.1) is 0 Å². The molecule has 146 valence electrons. The van der Waals surface area contributed by atoms with Crippen LogP contribution in [0.15, 0.2) is 59.5 Å². The second-order valence-corrected chi connectivity index (χ2v) is 7.87. The van der Waals surface area contributed by atoms with Crippen molar-refractivity contribution < 1.29 is 4.79 Å². The van der Waals surface area contributed by atoms with E-state index in [1.807, 2.05) is 51.1 Å². The monoisotopic (exact) mass is 397 g/mol. The predicted octanol–water partition coefficient (Wildman–Crippen LogP) is 3.92. The average Bonchev–Trinajstić information content (AvgIpc) is 2.69. The number of amides is 1. The summed E-state index contributed by atoms with van der Waals surface area (Å²) in [6.07, 6.45) is 2.37. The van der Waals surface area contributed by atoms with Gasteiger partial charge in [0.25, 0.3) is 5.56 Å². The maximum Gasteiger partial charge on any atom is 0.274 e. The highest BCUT2D eigenvalue weighted by atomic mass is 35.5. The van der Waals surface area contributed by atoms with E-state index < -0.39 is 5.41 Å². The van der Waals surface area contributed by atoms with Crippen LogP contribution in [-0.2, 0) is 16.8 Å². The lowest BCUT2D eigenvalue weighted by molar-refractivity contribution is -0.126. The molecule has 2 aromatic carbocycles. The summed E-state index contributed by atoms with van der Waals surface area (Å²) < 4.78 is 1.42. The Kier molecular flexibility index (Phi) is 5.84. The predicted molar refractivity (Wildman–Crippen MR) is 113 cm³/mol. The molecule has 0 saturated heterocycles. The molecule has 5 nitrogen and oxygen atoms in total. The third-order valence-corrected chi connectivity index (χ3v) is 5.37. The molecule has 1 atom stereocenters. The van der Waals surface area contributed by atoms with Crippen LogP contribution in [0.3, 0.4) is 0 Å². The standard InChI is InChI=1S/C22H24ClN3O2/c1-4-18(14-26-20(27)19-8-6-5-7-15(19)13-24-26)25-21(28)22(2,3)16-9-11-17(23)12-10-16/h5-13,18H,4,14H2,1-3H3,(H,25,28)/t18-/m0/s1. The molecule has 1 N–H and O–H groups in total. The maximum atomic E-state index is 13.0. The smallest absolute Gasteiger partial charge is 0.274 e. The fourth-order valence-corrected chi connectivity index (χ4v) is 3.23. The second kappa shape index (κ2) is 8.15. The van der Waals surface area contributed by atoms with Gasteiger partial charge in [-0.25, -0.2) is 4.68 Å². The Bertz CT molecular complexity index is 1040. The Morgan fingerprint density at radius 2 is 1.86 bits per heavy atom. The molecule has 0 unspecified atom stereocenters. The Balaban J connectivity index is 1.79. The molecular weight excluding hydrogens is 374 g/mol. The summed E-state index contributed by atoms with van der Waals surface area (Å²) in [4.78, 5) is 25.6. The van der Waals surface area contributed by atoms with Crippen LogP contribution in [-0.4, -0.2) is 21.7 Å². The largest absolute Gasteiger partial charge is 0.351 e. The lowest BCUT2D eigenvalue weighted by atomic mass is 9.83. The van der Waals surface area contributed by atoms with E-state index in [2.05, 4.69) is 10.4 Å². The van der Waals surface area contributed by atoms with Gasteiger partial charge in [0.2, 0.25) is 5.91 Å². The topological polar surface area (TPSA) is 64.0 Å². The van der Waals surface area contributed by atoms with E-state index in [0.717, 1.165) is 10.9 Å². The molecule has 0 spiro atoms. The van der Waals surface area contributed by atoms with Crippen LogP contribution in [0.4, 0.5) is 0 Å². The second-order valence-electron chi connectivity index (χ2n) is 7.43. The zero-order valence-electron chi connectivity index (χ0n) is 16.3. The Morgan fingerprint density at radius 1 is 1.18 bits per heavy atom. The molecular formula is C22H24ClN3O2. The van der Waals surface area contributed by atoms with Crippen molar-refractivity contribution >= 4 is 28.3 Å². The van der Waals surface area contributed by atoms with Crippen LogP contribution < -0.4 is 10.9 Å². The summed E-state index contributed by atoms with van der Waals surface area (Å²) in [7, 11) is 0. The van der Waals surface area contributed by atoms with Gasteiger partial charge in [0.05, 0.1) is 23.5 Å². The van der Waals surface area contributed by atoms with Gasteiger partial charge in [-0.05, 0) is 44.0 Å². The van der Waals surface area contributed by atoms with Gasteiger partial charge in [-0.2, -0.15) is 5.10 Å². The van der Waals surface area contributed by atoms with Gasteiger partial charge < -0.3 is 5.32 Å². The van der Waals surface area contributed by atoms with E-state index in [1.165, 1.54) is 4.68 Å². The maximum absolute atomic E-state index is 13.0. The van der Waals surface area contributed by atoms with Crippen molar-refractivity contribution in [1.82, 2.24) is 15.1 Å². The first-order valence-corrected chi connectivity index (χ1v) is 9.72. The fraction of sp³-hybridized carbons (Fsp3) is 0.318. The first-order chi connectivity index (χ1) is 13.3. The molecule has 0 aliphatic rings. The zero-order valence-corrected chi connectivity index (χ0v) is 17.0. The minimum Gasteiger partial charge on any atom is -0.351 e. The van der Waals surface area contributed by atoms with Crippen LogP contribution >= 0.6 is 11.6 Å². The van der Waals surface area contributed by atoms with E-state index in [4.69, 9.17) is 11.6 Å². The fourth-order valence-electron chi connectivity index (χ4n) is 3.11. The Morgan fingerprint density at radius 3 is 2.54 bits per heavy atom. The summed E-state index contributed by atoms with van der Waals surface area (Å²) in [6.45, 7) is 6.05. The van der Waals surface area contributed by atoms with Gasteiger partial charge >= 0.3 is 0 Å². The van der Waals surface area contributed by atoms with Crippen molar-refractivity contribution in [3.05, 3.63) is 75.7 Å². The van der Waals surface area contributed by atoms with Gasteiger partial charge in [-0.1, -0.05) is 48.9 Å². The first kappa shape index (κ1) is 20.1. The summed E-state index contributed by atoms with van der Waals surface area (Å²) >= 11 is 5.95. The van der Waals surface area contributed by atoms with Crippen molar-refractivity contribution in [2.45, 2.75) is 45.2 Å². The van der Waals surface area contributed by atoms with Crippen LogP contribution in [0, 0.1) is 0 Å². The summed E-state index contributed by atoms with van der Waals surface area (Å²) in [5.41, 5.74) is 0.00720. The minimum absolute atomic E-state index is 0.101. The number of carbonyl (C=O) groups is 1. The highest BCUT2D eigenvalue weighted by Crippen LogP contribution is 2.25. The number of nitrogens with one attached hydrogen (secondary N) is 1. The number of hydrogen-bond donors (Lipinski definition) is 1. The van der Waals surface area contributed by atoms with Crippen molar-refractivity contribution in [3.63, 3.8) is 0 Å². The molecule has 1 heterocycles. The van der Waals surface area contributed by atoms with Crippen LogP contribution in [0.5, 0.6) is 0 Å². The minimum atomic E-state index is -0.722. The highest BCUT2D eigenvalue weighted by Gasteiger charge is 2.31. The van der Waals surface area contributed by atoms with Gasteiger partial charge in [0, 0.05) is 16.5 Å². The molecule has 28 heavy (non-hydrogen) atoms. The molecule has 0 radical (unpaired) electrons. The van der Waals surface area contributed by atoms with Crippen molar-refractivity contribution in [3.8, 4) is 0 Å². The Labute approximate surface area is 169 Å². The summed E-state index contributed by atoms with van der Waals surface area (Å²) in [5.74, 6) is -0.101. The summed E-state index contributed by atoms with van der Waals surface area (Å²) in [5, 5.41) is 9.41. The normalized spacial score (nSPS) is 12.7. The number of nitrogens with zero attached hydrogens (tertiary/aromatic N) is 2.